The van der Waals surface area contributed by atoms with Crippen LogP contribution in [0.2, 0.25) is 0 Å². The number of hydrazone groups is 1. The molecule has 0 unspecified atom stereocenters. The Labute approximate surface area is 151 Å². The van der Waals surface area contributed by atoms with Gasteiger partial charge in [-0.2, -0.15) is 5.10 Å². The Morgan fingerprint density at radius 2 is 2.00 bits per heavy atom. The maximum absolute atomic E-state index is 12.4. The number of amides is 1. The number of benzene rings is 2. The molecule has 126 valence electrons. The summed E-state index contributed by atoms with van der Waals surface area (Å²) in [5.41, 5.74) is 2.66. The lowest BCUT2D eigenvalue weighted by atomic mass is 10.1. The fourth-order valence-corrected chi connectivity index (χ4v) is 2.91. The first kappa shape index (κ1) is 16.9. The highest BCUT2D eigenvalue weighted by Gasteiger charge is 2.20. The summed E-state index contributed by atoms with van der Waals surface area (Å²) in [6.07, 6.45) is 1.45. The van der Waals surface area contributed by atoms with Gasteiger partial charge in [0, 0.05) is 16.9 Å². The Morgan fingerprint density at radius 1 is 1.24 bits per heavy atom. The number of aromatic nitrogens is 1. The molecule has 0 bridgehead atoms. The van der Waals surface area contributed by atoms with Gasteiger partial charge in [0.15, 0.2) is 0 Å². The zero-order chi connectivity index (χ0) is 18.0. The number of halogens is 1. The van der Waals surface area contributed by atoms with Gasteiger partial charge < -0.3 is 9.67 Å². The van der Waals surface area contributed by atoms with Crippen molar-refractivity contribution < 1.29 is 9.90 Å². The van der Waals surface area contributed by atoms with E-state index >= 15 is 0 Å². The molecular formula is C18H14BrN3O3. The third kappa shape index (κ3) is 3.32. The molecule has 1 heterocycles. The first-order chi connectivity index (χ1) is 12.0. The van der Waals surface area contributed by atoms with Gasteiger partial charge in [-0.1, -0.05) is 40.2 Å². The molecule has 0 saturated heterocycles. The van der Waals surface area contributed by atoms with Crippen molar-refractivity contribution in [1.82, 2.24) is 9.99 Å². The summed E-state index contributed by atoms with van der Waals surface area (Å²) < 4.78 is 2.20. The highest BCUT2D eigenvalue weighted by Crippen LogP contribution is 2.25. The Bertz CT molecular complexity index is 1060. The van der Waals surface area contributed by atoms with E-state index < -0.39 is 11.5 Å². The van der Waals surface area contributed by atoms with Crippen molar-refractivity contribution in [2.45, 2.75) is 0 Å². The number of aromatic hydroxyl groups is 1. The van der Waals surface area contributed by atoms with Crippen molar-refractivity contribution in [3.05, 3.63) is 74.5 Å². The minimum Gasteiger partial charge on any atom is -0.506 e. The average molecular weight is 400 g/mol. The van der Waals surface area contributed by atoms with E-state index in [9.17, 15) is 14.7 Å². The molecule has 2 N–H and O–H groups in total. The maximum Gasteiger partial charge on any atom is 0.280 e. The molecule has 3 rings (SSSR count). The number of carbonyl (C=O) groups is 1. The summed E-state index contributed by atoms with van der Waals surface area (Å²) in [6.45, 7) is 0. The molecule has 0 atom stereocenters. The lowest BCUT2D eigenvalue weighted by Crippen LogP contribution is -2.30. The van der Waals surface area contributed by atoms with Gasteiger partial charge in [0.25, 0.3) is 11.5 Å². The third-order valence-electron chi connectivity index (χ3n) is 3.73. The topological polar surface area (TPSA) is 83.7 Å². The normalized spacial score (nSPS) is 11.1. The van der Waals surface area contributed by atoms with E-state index in [1.54, 1.807) is 31.3 Å². The number of pyridine rings is 1. The summed E-state index contributed by atoms with van der Waals surface area (Å²) in [5.74, 6) is -1.12. The molecule has 1 amide bonds. The van der Waals surface area contributed by atoms with E-state index in [1.807, 2.05) is 24.3 Å². The smallest absolute Gasteiger partial charge is 0.280 e. The first-order valence-corrected chi connectivity index (χ1v) is 8.18. The summed E-state index contributed by atoms with van der Waals surface area (Å²) in [5, 5.41) is 14.6. The molecule has 1 aromatic heterocycles. The molecule has 25 heavy (non-hydrogen) atoms. The van der Waals surface area contributed by atoms with Crippen LogP contribution >= 0.6 is 15.9 Å². The molecule has 3 aromatic rings. The Hall–Kier alpha value is -2.93. The van der Waals surface area contributed by atoms with Crippen LogP contribution in [0.1, 0.15) is 15.9 Å². The van der Waals surface area contributed by atoms with Crippen LogP contribution in [-0.2, 0) is 7.05 Å². The zero-order valence-electron chi connectivity index (χ0n) is 13.2. The molecule has 0 aliphatic rings. The second-order valence-electron chi connectivity index (χ2n) is 5.36. The van der Waals surface area contributed by atoms with Crippen molar-refractivity contribution in [3.63, 3.8) is 0 Å². The summed E-state index contributed by atoms with van der Waals surface area (Å²) >= 11 is 3.34. The van der Waals surface area contributed by atoms with Crippen LogP contribution in [0.5, 0.6) is 5.75 Å². The van der Waals surface area contributed by atoms with Gasteiger partial charge in [0.1, 0.15) is 11.3 Å². The quantitative estimate of drug-likeness (QED) is 0.524. The third-order valence-corrected chi connectivity index (χ3v) is 4.22. The van der Waals surface area contributed by atoms with E-state index in [0.29, 0.717) is 10.9 Å². The molecule has 7 heteroatoms. The molecule has 0 radical (unpaired) electrons. The second kappa shape index (κ2) is 6.90. The highest BCUT2D eigenvalue weighted by molar-refractivity contribution is 9.10. The van der Waals surface area contributed by atoms with Crippen molar-refractivity contribution in [2.24, 2.45) is 12.1 Å². The molecule has 6 nitrogen and oxygen atoms in total. The lowest BCUT2D eigenvalue weighted by molar-refractivity contribution is 0.0950. The van der Waals surface area contributed by atoms with Gasteiger partial charge in [0.2, 0.25) is 0 Å². The fraction of sp³-hybridized carbons (Fsp3) is 0.0556. The van der Waals surface area contributed by atoms with Crippen molar-refractivity contribution >= 4 is 39.0 Å². The summed E-state index contributed by atoms with van der Waals surface area (Å²) in [7, 11) is 1.55. The second-order valence-corrected chi connectivity index (χ2v) is 6.27. The van der Waals surface area contributed by atoms with E-state index in [4.69, 9.17) is 0 Å². The number of carbonyl (C=O) groups excluding carboxylic acids is 1. The number of fused-ring (bicyclic) bond motifs is 1. The average Bonchev–Trinajstić information content (AvgIpc) is 2.60. The molecule has 0 aliphatic carbocycles. The van der Waals surface area contributed by atoms with Crippen molar-refractivity contribution in [3.8, 4) is 5.75 Å². The zero-order valence-corrected chi connectivity index (χ0v) is 14.8. The van der Waals surface area contributed by atoms with Gasteiger partial charge in [-0.05, 0) is 29.8 Å². The Morgan fingerprint density at radius 3 is 2.76 bits per heavy atom. The van der Waals surface area contributed by atoms with Gasteiger partial charge in [-0.3, -0.25) is 9.59 Å². The summed E-state index contributed by atoms with van der Waals surface area (Å²) in [4.78, 5) is 24.7. The predicted octanol–water partition coefficient (Wildman–Crippen LogP) is 2.77. The van der Waals surface area contributed by atoms with Crippen LogP contribution in [0.15, 0.2) is 62.9 Å². The van der Waals surface area contributed by atoms with Gasteiger partial charge >= 0.3 is 0 Å². The molecule has 0 fully saturated rings. The van der Waals surface area contributed by atoms with Crippen LogP contribution in [0, 0.1) is 0 Å². The maximum atomic E-state index is 12.4. The van der Waals surface area contributed by atoms with Crippen LogP contribution in [0.3, 0.4) is 0 Å². The Balaban J connectivity index is 1.94. The minimum absolute atomic E-state index is 0.340. The molecular weight excluding hydrogens is 386 g/mol. The number of hydrogen-bond donors (Lipinski definition) is 2. The number of para-hydroxylation sites is 1. The standard InChI is InChI=1S/C18H14BrN3O3/c1-22-14-8-3-2-7-13(14)16(23)15(18(22)25)17(24)21-20-10-11-5-4-6-12(19)9-11/h2-10,23H,1H3,(H,21,24)/b20-10-. The number of rotatable bonds is 3. The lowest BCUT2D eigenvalue weighted by Gasteiger charge is -2.10. The molecule has 0 spiro atoms. The van der Waals surface area contributed by atoms with Crippen LogP contribution in [-0.4, -0.2) is 21.8 Å². The molecule has 2 aromatic carbocycles. The van der Waals surface area contributed by atoms with Crippen LogP contribution in [0.4, 0.5) is 0 Å². The Kier molecular flexibility index (Phi) is 4.67. The van der Waals surface area contributed by atoms with Crippen molar-refractivity contribution in [1.29, 1.82) is 0 Å². The predicted molar refractivity (Wildman–Crippen MR) is 100 cm³/mol. The van der Waals surface area contributed by atoms with E-state index in [-0.39, 0.29) is 11.3 Å². The SMILES string of the molecule is Cn1c(=O)c(C(=O)N/N=C\c2cccc(Br)c2)c(O)c2ccccc21. The first-order valence-electron chi connectivity index (χ1n) is 7.38. The minimum atomic E-state index is -0.768. The number of aryl methyl sites for hydroxylation is 1. The van der Waals surface area contributed by atoms with Gasteiger partial charge in [-0.25, -0.2) is 5.43 Å². The number of nitrogens with one attached hydrogen (secondary N) is 1. The number of nitrogens with zero attached hydrogens (tertiary/aromatic N) is 2. The number of hydrogen-bond acceptors (Lipinski definition) is 4. The largest absolute Gasteiger partial charge is 0.506 e. The van der Waals surface area contributed by atoms with Gasteiger partial charge in [0.05, 0.1) is 11.7 Å². The van der Waals surface area contributed by atoms with Crippen LogP contribution in [0.25, 0.3) is 10.9 Å². The molecule has 0 aliphatic heterocycles. The molecule has 0 saturated carbocycles. The summed E-state index contributed by atoms with van der Waals surface area (Å²) in [6, 6.07) is 14.2. The van der Waals surface area contributed by atoms with Crippen molar-refractivity contribution in [2.75, 3.05) is 0 Å². The fourth-order valence-electron chi connectivity index (χ4n) is 2.49. The highest BCUT2D eigenvalue weighted by atomic mass is 79.9. The monoisotopic (exact) mass is 399 g/mol. The van der Waals surface area contributed by atoms with E-state index in [0.717, 1.165) is 10.0 Å². The van der Waals surface area contributed by atoms with E-state index in [2.05, 4.69) is 26.5 Å². The van der Waals surface area contributed by atoms with Gasteiger partial charge in [-0.15, -0.1) is 0 Å². The van der Waals surface area contributed by atoms with E-state index in [1.165, 1.54) is 10.8 Å². The van der Waals surface area contributed by atoms with Crippen LogP contribution < -0.4 is 11.0 Å².